The van der Waals surface area contributed by atoms with E-state index in [2.05, 4.69) is 11.0 Å². The first kappa shape index (κ1) is 26.7. The fraction of sp³-hybridized carbons (Fsp3) is 0.548. The van der Waals surface area contributed by atoms with E-state index in [0.717, 1.165) is 68.1 Å². The Kier molecular flexibility index (Phi) is 7.51. The summed E-state index contributed by atoms with van der Waals surface area (Å²) >= 11 is 0. The maximum atomic E-state index is 13.3. The number of hydrogen-bond donors (Lipinski definition) is 0. The molecule has 2 aromatic rings. The Morgan fingerprint density at radius 1 is 1.21 bits per heavy atom. The molecule has 1 aromatic heterocycles. The molecule has 7 nitrogen and oxygen atoms in total. The minimum atomic E-state index is -0.376. The van der Waals surface area contributed by atoms with Crippen LogP contribution in [0.15, 0.2) is 47.1 Å². The second kappa shape index (κ2) is 10.7. The van der Waals surface area contributed by atoms with Gasteiger partial charge in [0.05, 0.1) is 11.9 Å². The number of nitrogens with zero attached hydrogens (tertiary/aromatic N) is 2. The highest BCUT2D eigenvalue weighted by Crippen LogP contribution is 2.54. The maximum absolute atomic E-state index is 13.3. The summed E-state index contributed by atoms with van der Waals surface area (Å²) in [4.78, 5) is 29.5. The van der Waals surface area contributed by atoms with Crippen LogP contribution in [0.5, 0.6) is 5.75 Å². The summed E-state index contributed by atoms with van der Waals surface area (Å²) < 4.78 is 17.4. The molecule has 2 heterocycles. The van der Waals surface area contributed by atoms with E-state index < -0.39 is 0 Å². The summed E-state index contributed by atoms with van der Waals surface area (Å²) in [5.74, 6) is 1.82. The maximum Gasteiger partial charge on any atom is 0.308 e. The minimum Gasteiger partial charge on any atom is -0.469 e. The van der Waals surface area contributed by atoms with Crippen molar-refractivity contribution in [1.82, 2.24) is 9.80 Å². The molecule has 1 aromatic carbocycles. The number of carbonyl (C=O) groups excluding carboxylic acids is 2. The van der Waals surface area contributed by atoms with E-state index in [-0.39, 0.29) is 28.9 Å². The molecule has 1 amide bonds. The lowest BCUT2D eigenvalue weighted by Gasteiger charge is -2.60. The molecule has 2 saturated carbocycles. The largest absolute Gasteiger partial charge is 0.469 e. The predicted octanol–water partition coefficient (Wildman–Crippen LogP) is 4.98. The van der Waals surface area contributed by atoms with Crippen LogP contribution in [0.25, 0.3) is 6.08 Å². The van der Waals surface area contributed by atoms with Crippen LogP contribution in [0, 0.1) is 12.8 Å². The van der Waals surface area contributed by atoms with Gasteiger partial charge in [0, 0.05) is 57.3 Å². The Morgan fingerprint density at radius 2 is 2.03 bits per heavy atom. The number of likely N-dealkylation sites (tertiary alicyclic amines) is 1. The van der Waals surface area contributed by atoms with E-state index in [4.69, 9.17) is 13.9 Å². The molecule has 38 heavy (non-hydrogen) atoms. The van der Waals surface area contributed by atoms with Gasteiger partial charge in [-0.05, 0) is 87.7 Å². The predicted molar refractivity (Wildman–Crippen MR) is 146 cm³/mol. The third-order valence-corrected chi connectivity index (χ3v) is 9.12. The van der Waals surface area contributed by atoms with Crippen LogP contribution in [-0.2, 0) is 19.7 Å². The van der Waals surface area contributed by atoms with Gasteiger partial charge in [-0.25, -0.2) is 0 Å². The van der Waals surface area contributed by atoms with Crippen molar-refractivity contribution in [2.75, 3.05) is 33.8 Å². The third kappa shape index (κ3) is 5.19. The van der Waals surface area contributed by atoms with Crippen LogP contribution in [0.2, 0.25) is 0 Å². The number of piperidine rings is 1. The van der Waals surface area contributed by atoms with E-state index in [1.54, 1.807) is 12.3 Å². The highest BCUT2D eigenvalue weighted by atomic mass is 16.5. The molecule has 1 aliphatic heterocycles. The first-order chi connectivity index (χ1) is 18.2. The van der Waals surface area contributed by atoms with Crippen LogP contribution in [-0.4, -0.2) is 67.1 Å². The van der Waals surface area contributed by atoms with Crippen molar-refractivity contribution >= 4 is 18.0 Å². The normalized spacial score (nSPS) is 27.7. The molecule has 0 unspecified atom stereocenters. The molecule has 0 radical (unpaired) electrons. The van der Waals surface area contributed by atoms with Gasteiger partial charge in [-0.3, -0.25) is 9.59 Å². The van der Waals surface area contributed by atoms with Gasteiger partial charge in [0.25, 0.3) is 0 Å². The number of ether oxygens (including phenoxy) is 2. The van der Waals surface area contributed by atoms with E-state index in [1.807, 2.05) is 56.3 Å². The van der Waals surface area contributed by atoms with Gasteiger partial charge in [0.15, 0.2) is 0 Å². The number of benzene rings is 1. The van der Waals surface area contributed by atoms with Crippen molar-refractivity contribution in [2.24, 2.45) is 5.92 Å². The summed E-state index contributed by atoms with van der Waals surface area (Å²) in [5.41, 5.74) is 1.36. The number of rotatable bonds is 8. The standard InChI is InChI=1S/C31H40N2O5/c1-22-25(13-17-37-22)10-11-29(35)32(3)27-12-14-31(36-4)21-33(20-24-8-9-24)16-15-30(31,19-27)26-6-5-7-28(18-26)38-23(2)34/h5-7,10-11,13,17-18,24,27H,8-9,12,14-16,19-21H2,1-4H3/b11-10+/t27-,30-,31-/m0/s1. The monoisotopic (exact) mass is 520 g/mol. The van der Waals surface area contributed by atoms with Crippen molar-refractivity contribution in [2.45, 2.75) is 69.4 Å². The zero-order valence-electron chi connectivity index (χ0n) is 23.1. The molecule has 0 N–H and O–H groups in total. The van der Waals surface area contributed by atoms with Crippen molar-refractivity contribution in [1.29, 1.82) is 0 Å². The Bertz CT molecular complexity index is 1200. The molecule has 1 saturated heterocycles. The second-order valence-electron chi connectivity index (χ2n) is 11.4. The molecule has 0 bridgehead atoms. The summed E-state index contributed by atoms with van der Waals surface area (Å²) in [6, 6.07) is 9.88. The molecular formula is C31H40N2O5. The van der Waals surface area contributed by atoms with Crippen LogP contribution in [0.3, 0.4) is 0 Å². The topological polar surface area (TPSA) is 72.2 Å². The number of carbonyl (C=O) groups is 2. The van der Waals surface area contributed by atoms with Gasteiger partial charge in [-0.15, -0.1) is 0 Å². The Morgan fingerprint density at radius 3 is 2.71 bits per heavy atom. The average Bonchev–Trinajstić information content (AvgIpc) is 3.63. The van der Waals surface area contributed by atoms with Gasteiger partial charge in [0.2, 0.25) is 5.91 Å². The Hall–Kier alpha value is -2.90. The summed E-state index contributed by atoms with van der Waals surface area (Å²) in [5, 5.41) is 0. The quantitative estimate of drug-likeness (QED) is 0.278. The zero-order chi connectivity index (χ0) is 26.9. The SMILES string of the molecule is CO[C@]12CC[C@H](N(C)C(=O)/C=C/c3ccoc3C)C[C@]1(c1cccc(OC(C)=O)c1)CCN(CC1CC1)C2. The van der Waals surface area contributed by atoms with Crippen molar-refractivity contribution in [3.63, 3.8) is 0 Å². The minimum absolute atomic E-state index is 0.0181. The molecule has 0 spiro atoms. The van der Waals surface area contributed by atoms with Crippen LogP contribution in [0.1, 0.15) is 62.3 Å². The lowest BCUT2D eigenvalue weighted by molar-refractivity contribution is -0.159. The zero-order valence-corrected chi connectivity index (χ0v) is 23.1. The fourth-order valence-electron chi connectivity index (χ4n) is 6.77. The molecule has 7 heteroatoms. The van der Waals surface area contributed by atoms with Gasteiger partial charge < -0.3 is 23.7 Å². The molecule has 2 aliphatic carbocycles. The summed E-state index contributed by atoms with van der Waals surface area (Å²) in [7, 11) is 3.75. The van der Waals surface area contributed by atoms with Crippen LogP contribution in [0.4, 0.5) is 0 Å². The number of likely N-dealkylation sites (N-methyl/N-ethyl adjacent to an activating group) is 1. The van der Waals surface area contributed by atoms with E-state index in [0.29, 0.717) is 5.75 Å². The Balaban J connectivity index is 1.45. The van der Waals surface area contributed by atoms with Crippen LogP contribution >= 0.6 is 0 Å². The number of furan rings is 1. The molecule has 3 atom stereocenters. The highest BCUT2D eigenvalue weighted by molar-refractivity contribution is 5.92. The van der Waals surface area contributed by atoms with E-state index in [9.17, 15) is 9.59 Å². The third-order valence-electron chi connectivity index (χ3n) is 9.12. The molecular weight excluding hydrogens is 480 g/mol. The van der Waals surface area contributed by atoms with Crippen molar-refractivity contribution < 1.29 is 23.5 Å². The lowest BCUT2D eigenvalue weighted by atomic mass is 9.55. The summed E-state index contributed by atoms with van der Waals surface area (Å²) in [6.45, 7) is 6.32. The number of esters is 1. The molecule has 204 valence electrons. The van der Waals surface area contributed by atoms with Crippen molar-refractivity contribution in [3.05, 3.63) is 59.6 Å². The molecule has 3 fully saturated rings. The molecule has 5 rings (SSSR count). The number of aryl methyl sites for hydroxylation is 1. The van der Waals surface area contributed by atoms with Gasteiger partial charge in [0.1, 0.15) is 11.5 Å². The van der Waals surface area contributed by atoms with E-state index in [1.165, 1.54) is 19.8 Å². The number of hydrogen-bond acceptors (Lipinski definition) is 6. The number of amides is 1. The van der Waals surface area contributed by atoms with Gasteiger partial charge in [-0.2, -0.15) is 0 Å². The van der Waals surface area contributed by atoms with Crippen LogP contribution < -0.4 is 4.74 Å². The first-order valence-electron chi connectivity index (χ1n) is 13.8. The van der Waals surface area contributed by atoms with E-state index >= 15 is 0 Å². The first-order valence-corrected chi connectivity index (χ1v) is 13.8. The molecule has 3 aliphatic rings. The lowest BCUT2D eigenvalue weighted by Crippen LogP contribution is -2.68. The van der Waals surface area contributed by atoms with Gasteiger partial charge >= 0.3 is 5.97 Å². The fourth-order valence-corrected chi connectivity index (χ4v) is 6.77. The summed E-state index contributed by atoms with van der Waals surface area (Å²) in [6.07, 6.45) is 11.2. The highest BCUT2D eigenvalue weighted by Gasteiger charge is 2.59. The average molecular weight is 521 g/mol. The number of fused-ring (bicyclic) bond motifs is 1. The Labute approximate surface area is 225 Å². The van der Waals surface area contributed by atoms with Crippen molar-refractivity contribution in [3.8, 4) is 5.75 Å². The smallest absolute Gasteiger partial charge is 0.308 e. The van der Waals surface area contributed by atoms with Gasteiger partial charge in [-0.1, -0.05) is 12.1 Å². The second-order valence-corrected chi connectivity index (χ2v) is 11.4. The number of methoxy groups -OCH3 is 1.